The molecule has 0 aromatic heterocycles. The third-order valence-electron chi connectivity index (χ3n) is 4.44. The molecule has 10 heteroatoms. The number of nitrogens with two attached hydrogens (primary N) is 1. The zero-order valence-corrected chi connectivity index (χ0v) is 17.6. The van der Waals surface area contributed by atoms with Gasteiger partial charge in [-0.15, -0.1) is 0 Å². The van der Waals surface area contributed by atoms with Gasteiger partial charge in [-0.1, -0.05) is 0 Å². The number of rotatable bonds is 5. The van der Waals surface area contributed by atoms with E-state index in [0.29, 0.717) is 3.57 Å². The number of benzene rings is 2. The topological polar surface area (TPSA) is 84.7 Å². The average Bonchev–Trinajstić information content (AvgIpc) is 2.89. The molecule has 0 unspecified atom stereocenters. The second-order valence-corrected chi connectivity index (χ2v) is 8.44. The number of nitrogens with one attached hydrogen (secondary N) is 1. The van der Waals surface area contributed by atoms with Gasteiger partial charge in [-0.2, -0.15) is 0 Å². The smallest absolute Gasteiger partial charge is 0.254 e. The quantitative estimate of drug-likeness (QED) is 0.589. The SMILES string of the molecule is CC1(C)CON(Cc2cc(C(N)=O)c(Nc3ccc(I)cc3F)c(F)c2F)C1=O. The summed E-state index contributed by atoms with van der Waals surface area (Å²) in [4.78, 5) is 29.4. The van der Waals surface area contributed by atoms with Crippen LogP contribution in [-0.2, 0) is 16.2 Å². The summed E-state index contributed by atoms with van der Waals surface area (Å²) in [5.41, 5.74) is 3.10. The van der Waals surface area contributed by atoms with Gasteiger partial charge < -0.3 is 11.1 Å². The second kappa shape index (κ2) is 7.82. The first-order valence-electron chi connectivity index (χ1n) is 8.49. The molecule has 2 amide bonds. The summed E-state index contributed by atoms with van der Waals surface area (Å²) in [7, 11) is 0. The lowest BCUT2D eigenvalue weighted by Gasteiger charge is -2.19. The highest BCUT2D eigenvalue weighted by atomic mass is 127. The van der Waals surface area contributed by atoms with Crippen molar-refractivity contribution < 1.29 is 27.6 Å². The predicted octanol–water partition coefficient (Wildman–Crippen LogP) is 3.85. The minimum atomic E-state index is -1.42. The molecule has 3 rings (SSSR count). The molecule has 1 aliphatic heterocycles. The lowest BCUT2D eigenvalue weighted by molar-refractivity contribution is -0.165. The molecule has 1 aliphatic rings. The summed E-state index contributed by atoms with van der Waals surface area (Å²) in [6.45, 7) is 2.99. The molecule has 2 aromatic carbocycles. The van der Waals surface area contributed by atoms with Crippen LogP contribution in [0.4, 0.5) is 24.5 Å². The predicted molar refractivity (Wildman–Crippen MR) is 108 cm³/mol. The van der Waals surface area contributed by atoms with Gasteiger partial charge in [0.2, 0.25) is 0 Å². The Morgan fingerprint density at radius 3 is 2.52 bits per heavy atom. The Bertz CT molecular complexity index is 1010. The molecule has 1 heterocycles. The number of amides is 2. The minimum absolute atomic E-state index is 0.0876. The highest BCUT2D eigenvalue weighted by Crippen LogP contribution is 2.33. The number of carbonyl (C=O) groups is 2. The first-order valence-corrected chi connectivity index (χ1v) is 9.57. The van der Waals surface area contributed by atoms with Crippen LogP contribution in [0.25, 0.3) is 0 Å². The van der Waals surface area contributed by atoms with Crippen molar-refractivity contribution in [3.63, 3.8) is 0 Å². The van der Waals surface area contributed by atoms with E-state index in [1.54, 1.807) is 19.9 Å². The molecule has 0 radical (unpaired) electrons. The lowest BCUT2D eigenvalue weighted by atomic mass is 9.95. The number of carbonyl (C=O) groups excluding carboxylic acids is 2. The standard InChI is InChI=1S/C19H17F3IN3O3/c1-19(2)8-29-26(18(19)28)7-9-5-11(17(24)27)16(15(22)14(9)21)25-13-4-3-10(23)6-12(13)20/h3-6,25H,7-8H2,1-2H3,(H2,24,27). The molecular formula is C19H17F3IN3O3. The fourth-order valence-electron chi connectivity index (χ4n) is 2.81. The zero-order chi connectivity index (χ0) is 21.5. The molecule has 2 aromatic rings. The summed E-state index contributed by atoms with van der Waals surface area (Å²) in [5, 5.41) is 3.31. The van der Waals surface area contributed by atoms with Gasteiger partial charge in [0.15, 0.2) is 11.6 Å². The summed E-state index contributed by atoms with van der Waals surface area (Å²) in [6, 6.07) is 5.09. The van der Waals surface area contributed by atoms with E-state index in [2.05, 4.69) is 5.32 Å². The van der Waals surface area contributed by atoms with Gasteiger partial charge in [0.1, 0.15) is 5.82 Å². The molecule has 0 spiro atoms. The van der Waals surface area contributed by atoms with Crippen molar-refractivity contribution in [2.45, 2.75) is 20.4 Å². The van der Waals surface area contributed by atoms with Crippen molar-refractivity contribution in [2.24, 2.45) is 11.1 Å². The van der Waals surface area contributed by atoms with E-state index < -0.39 is 46.9 Å². The normalized spacial score (nSPS) is 15.7. The number of hydrogen-bond donors (Lipinski definition) is 2. The first-order chi connectivity index (χ1) is 13.5. The number of nitrogens with zero attached hydrogens (tertiary/aromatic N) is 1. The van der Waals surface area contributed by atoms with Crippen LogP contribution in [0.3, 0.4) is 0 Å². The van der Waals surface area contributed by atoms with Gasteiger partial charge in [0, 0.05) is 9.13 Å². The van der Waals surface area contributed by atoms with Gasteiger partial charge in [0.05, 0.1) is 35.5 Å². The fraction of sp³-hybridized carbons (Fsp3) is 0.263. The Labute approximate surface area is 178 Å². The van der Waals surface area contributed by atoms with Gasteiger partial charge in [0.25, 0.3) is 11.8 Å². The van der Waals surface area contributed by atoms with E-state index in [1.165, 1.54) is 12.1 Å². The largest absolute Gasteiger partial charge is 0.366 e. The van der Waals surface area contributed by atoms with Crippen LogP contribution >= 0.6 is 22.6 Å². The number of hydroxylamine groups is 2. The number of hydrogen-bond acceptors (Lipinski definition) is 4. The van der Waals surface area contributed by atoms with Gasteiger partial charge in [-0.3, -0.25) is 14.4 Å². The minimum Gasteiger partial charge on any atom is -0.366 e. The van der Waals surface area contributed by atoms with E-state index in [0.717, 1.165) is 11.1 Å². The maximum absolute atomic E-state index is 14.8. The maximum Gasteiger partial charge on any atom is 0.254 e. The van der Waals surface area contributed by atoms with Crippen LogP contribution in [0.2, 0.25) is 0 Å². The van der Waals surface area contributed by atoms with Crippen molar-refractivity contribution in [1.29, 1.82) is 0 Å². The third kappa shape index (κ3) is 4.17. The van der Waals surface area contributed by atoms with Gasteiger partial charge >= 0.3 is 0 Å². The highest BCUT2D eigenvalue weighted by Gasteiger charge is 2.41. The summed E-state index contributed by atoms with van der Waals surface area (Å²) in [5.74, 6) is -4.88. The summed E-state index contributed by atoms with van der Waals surface area (Å²) in [6.07, 6.45) is 0. The Kier molecular flexibility index (Phi) is 5.77. The second-order valence-electron chi connectivity index (χ2n) is 7.20. The Morgan fingerprint density at radius 1 is 1.28 bits per heavy atom. The fourth-order valence-corrected chi connectivity index (χ4v) is 3.26. The van der Waals surface area contributed by atoms with E-state index in [9.17, 15) is 22.8 Å². The van der Waals surface area contributed by atoms with Crippen molar-refractivity contribution in [3.8, 4) is 0 Å². The number of halogens is 4. The third-order valence-corrected chi connectivity index (χ3v) is 5.11. The monoisotopic (exact) mass is 519 g/mol. The molecule has 3 N–H and O–H groups in total. The van der Waals surface area contributed by atoms with Gasteiger partial charge in [-0.05, 0) is 60.7 Å². The van der Waals surface area contributed by atoms with Crippen molar-refractivity contribution in [1.82, 2.24) is 5.06 Å². The molecule has 0 bridgehead atoms. The van der Waals surface area contributed by atoms with E-state index >= 15 is 0 Å². The van der Waals surface area contributed by atoms with E-state index in [4.69, 9.17) is 10.6 Å². The van der Waals surface area contributed by atoms with E-state index in [-0.39, 0.29) is 23.4 Å². The summed E-state index contributed by atoms with van der Waals surface area (Å²) >= 11 is 1.89. The molecular weight excluding hydrogens is 502 g/mol. The van der Waals surface area contributed by atoms with Crippen LogP contribution in [0.5, 0.6) is 0 Å². The van der Waals surface area contributed by atoms with Crippen LogP contribution in [-0.4, -0.2) is 23.5 Å². The highest BCUT2D eigenvalue weighted by molar-refractivity contribution is 14.1. The first kappa shape index (κ1) is 21.4. The Morgan fingerprint density at radius 2 is 1.97 bits per heavy atom. The van der Waals surface area contributed by atoms with Crippen LogP contribution < -0.4 is 11.1 Å². The molecule has 0 atom stereocenters. The molecule has 29 heavy (non-hydrogen) atoms. The molecule has 0 aliphatic carbocycles. The van der Waals surface area contributed by atoms with Crippen molar-refractivity contribution in [3.05, 3.63) is 56.4 Å². The molecule has 154 valence electrons. The molecule has 0 saturated carbocycles. The van der Waals surface area contributed by atoms with Gasteiger partial charge in [-0.25, -0.2) is 18.2 Å². The van der Waals surface area contributed by atoms with Crippen LogP contribution in [0.15, 0.2) is 24.3 Å². The average molecular weight is 519 g/mol. The lowest BCUT2D eigenvalue weighted by Crippen LogP contribution is -2.31. The zero-order valence-electron chi connectivity index (χ0n) is 15.5. The molecule has 6 nitrogen and oxygen atoms in total. The van der Waals surface area contributed by atoms with Crippen molar-refractivity contribution in [2.75, 3.05) is 11.9 Å². The summed E-state index contributed by atoms with van der Waals surface area (Å²) < 4.78 is 44.2. The van der Waals surface area contributed by atoms with Crippen LogP contribution in [0, 0.1) is 26.4 Å². The molecule has 1 saturated heterocycles. The van der Waals surface area contributed by atoms with Crippen LogP contribution in [0.1, 0.15) is 29.8 Å². The van der Waals surface area contributed by atoms with E-state index in [1.807, 2.05) is 22.6 Å². The van der Waals surface area contributed by atoms with Crippen molar-refractivity contribution >= 4 is 45.8 Å². The maximum atomic E-state index is 14.8. The molecule has 1 fully saturated rings. The number of anilines is 2. The Balaban J connectivity index is 2.00. The Hall–Kier alpha value is -2.34. The number of primary amides is 1.